The van der Waals surface area contributed by atoms with Gasteiger partial charge in [0.25, 0.3) is 5.91 Å². The van der Waals surface area contributed by atoms with Crippen molar-refractivity contribution in [2.45, 2.75) is 11.3 Å². The minimum atomic E-state index is -1.27. The summed E-state index contributed by atoms with van der Waals surface area (Å²) in [5, 5.41) is 10.1. The molecule has 1 saturated heterocycles. The van der Waals surface area contributed by atoms with Crippen molar-refractivity contribution in [3.63, 3.8) is 0 Å². The first-order valence-electron chi connectivity index (χ1n) is 10.9. The zero-order valence-electron chi connectivity index (χ0n) is 18.5. The van der Waals surface area contributed by atoms with Crippen molar-refractivity contribution < 1.29 is 18.5 Å². The molecule has 4 aromatic rings. The van der Waals surface area contributed by atoms with Crippen molar-refractivity contribution in [1.82, 2.24) is 19.4 Å². The number of likely N-dealkylation sites (tertiary alicyclic amines) is 1. The van der Waals surface area contributed by atoms with Crippen molar-refractivity contribution in [3.8, 4) is 17.1 Å². The van der Waals surface area contributed by atoms with E-state index in [2.05, 4.69) is 9.97 Å². The van der Waals surface area contributed by atoms with Gasteiger partial charge in [-0.2, -0.15) is 0 Å². The quantitative estimate of drug-likeness (QED) is 0.475. The summed E-state index contributed by atoms with van der Waals surface area (Å²) in [4.78, 5) is 24.3. The molecule has 2 unspecified atom stereocenters. The van der Waals surface area contributed by atoms with E-state index in [1.807, 2.05) is 0 Å². The summed E-state index contributed by atoms with van der Waals surface area (Å²) in [6, 6.07) is 11.7. The predicted molar refractivity (Wildman–Crippen MR) is 128 cm³/mol. The van der Waals surface area contributed by atoms with Crippen LogP contribution in [0, 0.1) is 11.7 Å². The molecule has 0 radical (unpaired) electrons. The lowest BCUT2D eigenvalue weighted by molar-refractivity contribution is 0.0782. The number of carbonyl (C=O) groups is 1. The molecule has 34 heavy (non-hydrogen) atoms. The van der Waals surface area contributed by atoms with Gasteiger partial charge in [0, 0.05) is 72.5 Å². The van der Waals surface area contributed by atoms with Crippen molar-refractivity contribution >= 4 is 27.6 Å². The molecule has 0 spiro atoms. The molecule has 1 N–H and O–H groups in total. The summed E-state index contributed by atoms with van der Waals surface area (Å²) in [5.41, 5.74) is 2.11. The molecule has 0 saturated carbocycles. The number of hydrogen-bond donors (Lipinski definition) is 1. The van der Waals surface area contributed by atoms with E-state index >= 15 is 0 Å². The molecule has 0 aliphatic carbocycles. The van der Waals surface area contributed by atoms with Crippen LogP contribution in [0.5, 0.6) is 0 Å². The Morgan fingerprint density at radius 3 is 2.65 bits per heavy atom. The second kappa shape index (κ2) is 9.08. The summed E-state index contributed by atoms with van der Waals surface area (Å²) in [5.74, 6) is -0.0389. The standard InChI is InChI=1S/C25H23FN4O3S/c1-34(33)23-14-30(25-27-11-18(12-28-25)19-4-2-3-5-21(19)26)22-10-17(6-7-20(22)23)24(32)29-9-8-16(13-29)15-31/h2-7,10-12,14,16,31H,8-9,13,15H2,1H3. The molecule has 174 valence electrons. The van der Waals surface area contributed by atoms with Gasteiger partial charge in [-0.25, -0.2) is 14.4 Å². The molecule has 2 atom stereocenters. The van der Waals surface area contributed by atoms with Gasteiger partial charge in [-0.05, 0) is 24.6 Å². The Morgan fingerprint density at radius 1 is 1.21 bits per heavy atom. The number of nitrogens with zero attached hydrogens (tertiary/aromatic N) is 4. The van der Waals surface area contributed by atoms with Crippen molar-refractivity contribution in [2.24, 2.45) is 5.92 Å². The normalized spacial score (nSPS) is 16.8. The number of aromatic nitrogens is 3. The number of carbonyl (C=O) groups excluding carboxylic acids is 1. The van der Waals surface area contributed by atoms with Crippen LogP contribution in [0.3, 0.4) is 0 Å². The van der Waals surface area contributed by atoms with Gasteiger partial charge in [0.15, 0.2) is 0 Å². The number of amides is 1. The summed E-state index contributed by atoms with van der Waals surface area (Å²) < 4.78 is 28.2. The molecular formula is C25H23FN4O3S. The highest BCUT2D eigenvalue weighted by Crippen LogP contribution is 2.29. The van der Waals surface area contributed by atoms with E-state index in [-0.39, 0.29) is 24.2 Å². The van der Waals surface area contributed by atoms with Crippen molar-refractivity contribution in [3.05, 3.63) is 72.4 Å². The lowest BCUT2D eigenvalue weighted by Crippen LogP contribution is -2.29. The first-order chi connectivity index (χ1) is 16.5. The van der Waals surface area contributed by atoms with Gasteiger partial charge in [-0.1, -0.05) is 24.3 Å². The van der Waals surface area contributed by atoms with E-state index in [9.17, 15) is 18.5 Å². The minimum absolute atomic E-state index is 0.0670. The fourth-order valence-corrected chi connectivity index (χ4v) is 5.09. The molecule has 1 aliphatic heterocycles. The van der Waals surface area contributed by atoms with E-state index in [4.69, 9.17) is 0 Å². The van der Waals surface area contributed by atoms with Crippen LogP contribution in [0.25, 0.3) is 28.0 Å². The van der Waals surface area contributed by atoms with Crippen LogP contribution in [-0.4, -0.2) is 60.6 Å². The average Bonchev–Trinajstić information content (AvgIpc) is 3.49. The van der Waals surface area contributed by atoms with Crippen LogP contribution in [-0.2, 0) is 10.8 Å². The van der Waals surface area contributed by atoms with Gasteiger partial charge in [-0.3, -0.25) is 13.6 Å². The third-order valence-electron chi connectivity index (χ3n) is 6.20. The highest BCUT2D eigenvalue weighted by molar-refractivity contribution is 7.84. The Kier molecular flexibility index (Phi) is 5.97. The molecule has 3 heterocycles. The number of hydrogen-bond acceptors (Lipinski definition) is 5. The fraction of sp³-hybridized carbons (Fsp3) is 0.240. The van der Waals surface area contributed by atoms with Crippen LogP contribution in [0.1, 0.15) is 16.8 Å². The Morgan fingerprint density at radius 2 is 1.97 bits per heavy atom. The summed E-state index contributed by atoms with van der Waals surface area (Å²) in [6.45, 7) is 1.20. The molecule has 1 fully saturated rings. The molecular weight excluding hydrogens is 455 g/mol. The number of benzene rings is 2. The van der Waals surface area contributed by atoms with Crippen LogP contribution >= 0.6 is 0 Å². The predicted octanol–water partition coefficient (Wildman–Crippen LogP) is 3.42. The largest absolute Gasteiger partial charge is 0.396 e. The number of halogens is 1. The molecule has 2 aromatic carbocycles. The Bertz CT molecular complexity index is 1400. The first-order valence-corrected chi connectivity index (χ1v) is 12.5. The number of aliphatic hydroxyl groups excluding tert-OH is 1. The third kappa shape index (κ3) is 4.01. The monoisotopic (exact) mass is 478 g/mol. The third-order valence-corrected chi connectivity index (χ3v) is 7.14. The maximum absolute atomic E-state index is 14.2. The second-order valence-corrected chi connectivity index (χ2v) is 9.74. The maximum atomic E-state index is 14.2. The number of fused-ring (bicyclic) bond motifs is 1. The lowest BCUT2D eigenvalue weighted by atomic mass is 10.1. The molecule has 1 amide bonds. The molecule has 2 aromatic heterocycles. The fourth-order valence-electron chi connectivity index (χ4n) is 4.35. The second-order valence-electron chi connectivity index (χ2n) is 8.39. The average molecular weight is 479 g/mol. The van der Waals surface area contributed by atoms with E-state index in [1.54, 1.807) is 70.7 Å². The van der Waals surface area contributed by atoms with Crippen molar-refractivity contribution in [1.29, 1.82) is 0 Å². The summed E-state index contributed by atoms with van der Waals surface area (Å²) in [6.07, 6.45) is 7.18. The SMILES string of the molecule is CS(=O)c1cn(-c2ncc(-c3ccccc3F)cn2)c2cc(C(=O)N3CCC(CO)C3)ccc12. The van der Waals surface area contributed by atoms with E-state index < -0.39 is 10.8 Å². The minimum Gasteiger partial charge on any atom is -0.396 e. The molecule has 7 nitrogen and oxygen atoms in total. The number of rotatable bonds is 5. The Hall–Kier alpha value is -3.43. The van der Waals surface area contributed by atoms with Gasteiger partial charge >= 0.3 is 0 Å². The zero-order chi connectivity index (χ0) is 23.8. The smallest absolute Gasteiger partial charge is 0.253 e. The maximum Gasteiger partial charge on any atom is 0.253 e. The van der Waals surface area contributed by atoms with Crippen molar-refractivity contribution in [2.75, 3.05) is 26.0 Å². The van der Waals surface area contributed by atoms with Gasteiger partial charge in [0.2, 0.25) is 5.95 Å². The molecule has 0 bridgehead atoms. The number of aliphatic hydroxyl groups is 1. The van der Waals surface area contributed by atoms with Gasteiger partial charge in [0.1, 0.15) is 5.82 Å². The highest BCUT2D eigenvalue weighted by Gasteiger charge is 2.27. The van der Waals surface area contributed by atoms with E-state index in [0.717, 1.165) is 11.8 Å². The summed E-state index contributed by atoms with van der Waals surface area (Å²) >= 11 is 0. The summed E-state index contributed by atoms with van der Waals surface area (Å²) in [7, 11) is -1.27. The molecule has 9 heteroatoms. The highest BCUT2D eigenvalue weighted by atomic mass is 32.2. The van der Waals surface area contributed by atoms with Gasteiger partial charge in [0.05, 0.1) is 21.2 Å². The van der Waals surface area contributed by atoms with Gasteiger partial charge < -0.3 is 10.0 Å². The Labute approximate surface area is 198 Å². The van der Waals surface area contributed by atoms with E-state index in [0.29, 0.717) is 46.1 Å². The lowest BCUT2D eigenvalue weighted by Gasteiger charge is -2.16. The molecule has 1 aliphatic rings. The zero-order valence-corrected chi connectivity index (χ0v) is 19.3. The van der Waals surface area contributed by atoms with Gasteiger partial charge in [-0.15, -0.1) is 0 Å². The first kappa shape index (κ1) is 22.4. The van der Waals surface area contributed by atoms with Crippen LogP contribution in [0.2, 0.25) is 0 Å². The topological polar surface area (TPSA) is 88.3 Å². The van der Waals surface area contributed by atoms with Crippen LogP contribution in [0.15, 0.2) is 66.0 Å². The van der Waals surface area contributed by atoms with Crippen LogP contribution in [0.4, 0.5) is 4.39 Å². The molecule has 5 rings (SSSR count). The van der Waals surface area contributed by atoms with E-state index in [1.165, 1.54) is 6.07 Å². The van der Waals surface area contributed by atoms with Crippen LogP contribution < -0.4 is 0 Å². The Balaban J connectivity index is 1.55.